The maximum absolute atomic E-state index is 12.1. The van der Waals surface area contributed by atoms with Gasteiger partial charge in [-0.15, -0.1) is 16.8 Å². The summed E-state index contributed by atoms with van der Waals surface area (Å²) in [6.45, 7) is 3.37. The van der Waals surface area contributed by atoms with E-state index >= 15 is 0 Å². The van der Waals surface area contributed by atoms with Crippen LogP contribution in [0.5, 0.6) is 0 Å². The van der Waals surface area contributed by atoms with Gasteiger partial charge in [-0.05, 0) is 36.4 Å². The molecule has 1 aromatic heterocycles. The van der Waals surface area contributed by atoms with Gasteiger partial charge < -0.3 is 9.15 Å². The molecule has 0 spiro atoms. The van der Waals surface area contributed by atoms with Crippen LogP contribution in [0.25, 0.3) is 11.5 Å². The van der Waals surface area contributed by atoms with Gasteiger partial charge in [0.25, 0.3) is 5.89 Å². The number of esters is 1. The molecule has 28 heavy (non-hydrogen) atoms. The number of aromatic nitrogens is 2. The van der Waals surface area contributed by atoms with E-state index in [4.69, 9.17) is 9.15 Å². The van der Waals surface area contributed by atoms with E-state index in [9.17, 15) is 13.2 Å². The molecule has 3 rings (SSSR count). The van der Waals surface area contributed by atoms with E-state index in [1.165, 1.54) is 30.3 Å². The van der Waals surface area contributed by atoms with Gasteiger partial charge in [0.1, 0.15) is 0 Å². The molecule has 0 saturated carbocycles. The van der Waals surface area contributed by atoms with Crippen molar-refractivity contribution in [3.8, 4) is 11.5 Å². The first kappa shape index (κ1) is 19.5. The minimum atomic E-state index is -3.65. The molecule has 1 heterocycles. The molecule has 0 aliphatic rings. The van der Waals surface area contributed by atoms with Crippen molar-refractivity contribution in [3.05, 3.63) is 78.7 Å². The van der Waals surface area contributed by atoms with E-state index in [0.29, 0.717) is 5.89 Å². The molecule has 1 N–H and O–H groups in total. The quantitative estimate of drug-likeness (QED) is 0.458. The first-order chi connectivity index (χ1) is 13.5. The smallest absolute Gasteiger partial charge is 0.338 e. The van der Waals surface area contributed by atoms with E-state index < -0.39 is 16.0 Å². The normalized spacial score (nSPS) is 11.1. The van der Waals surface area contributed by atoms with Crippen molar-refractivity contribution in [1.29, 1.82) is 0 Å². The van der Waals surface area contributed by atoms with Crippen molar-refractivity contribution in [2.75, 3.05) is 6.54 Å². The molecular weight excluding hydrogens is 382 g/mol. The van der Waals surface area contributed by atoms with Crippen LogP contribution in [-0.4, -0.2) is 31.1 Å². The Hall–Kier alpha value is -3.30. The summed E-state index contributed by atoms with van der Waals surface area (Å²) >= 11 is 0. The molecule has 0 radical (unpaired) electrons. The number of nitrogens with zero attached hydrogens (tertiary/aromatic N) is 2. The van der Waals surface area contributed by atoms with Crippen LogP contribution in [0.4, 0.5) is 0 Å². The summed E-state index contributed by atoms with van der Waals surface area (Å²) < 4.78 is 36.9. The van der Waals surface area contributed by atoms with Gasteiger partial charge >= 0.3 is 5.97 Å². The number of ether oxygens (including phenoxy) is 1. The number of hydrogen-bond acceptors (Lipinski definition) is 7. The van der Waals surface area contributed by atoms with Crippen molar-refractivity contribution in [1.82, 2.24) is 14.9 Å². The molecule has 3 aromatic rings. The number of rotatable bonds is 8. The Morgan fingerprint density at radius 2 is 1.82 bits per heavy atom. The molecule has 0 fully saturated rings. The molecule has 0 amide bonds. The maximum atomic E-state index is 12.1. The third-order valence-corrected chi connectivity index (χ3v) is 5.07. The first-order valence-electron chi connectivity index (χ1n) is 8.25. The second kappa shape index (κ2) is 8.59. The highest BCUT2D eigenvalue weighted by molar-refractivity contribution is 7.89. The lowest BCUT2D eigenvalue weighted by molar-refractivity contribution is 0.0438. The third kappa shape index (κ3) is 4.70. The number of carbonyl (C=O) groups is 1. The van der Waals surface area contributed by atoms with Crippen molar-refractivity contribution < 1.29 is 22.4 Å². The summed E-state index contributed by atoms with van der Waals surface area (Å²) in [4.78, 5) is 12.2. The lowest BCUT2D eigenvalue weighted by Crippen LogP contribution is -2.23. The average Bonchev–Trinajstić information content (AvgIpc) is 3.20. The summed E-state index contributed by atoms with van der Waals surface area (Å²) in [5, 5.41) is 7.76. The molecule has 0 aliphatic carbocycles. The zero-order valence-corrected chi connectivity index (χ0v) is 15.6. The van der Waals surface area contributed by atoms with E-state index in [1.54, 1.807) is 0 Å². The van der Waals surface area contributed by atoms with E-state index in [0.717, 1.165) is 5.56 Å². The van der Waals surface area contributed by atoms with Crippen LogP contribution in [0, 0.1) is 0 Å². The fraction of sp³-hybridized carbons (Fsp3) is 0.105. The molecule has 0 atom stereocenters. The summed E-state index contributed by atoms with van der Waals surface area (Å²) in [6.07, 6.45) is 1.43. The van der Waals surface area contributed by atoms with Crippen molar-refractivity contribution in [2.45, 2.75) is 11.5 Å². The van der Waals surface area contributed by atoms with Gasteiger partial charge in [-0.1, -0.05) is 24.3 Å². The Kier molecular flexibility index (Phi) is 5.97. The van der Waals surface area contributed by atoms with Crippen LogP contribution in [0.2, 0.25) is 0 Å². The topological polar surface area (TPSA) is 111 Å². The van der Waals surface area contributed by atoms with Crippen molar-refractivity contribution >= 4 is 16.0 Å². The minimum absolute atomic E-state index is 0.0373. The minimum Gasteiger partial charge on any atom is -0.452 e. The fourth-order valence-electron chi connectivity index (χ4n) is 2.24. The number of carbonyl (C=O) groups excluding carboxylic acids is 1. The van der Waals surface area contributed by atoms with Gasteiger partial charge in [0, 0.05) is 12.1 Å². The number of sulfonamides is 1. The van der Waals surface area contributed by atoms with Crippen LogP contribution in [-0.2, 0) is 21.4 Å². The van der Waals surface area contributed by atoms with Gasteiger partial charge in [0.05, 0.1) is 10.5 Å². The Morgan fingerprint density at radius 3 is 2.50 bits per heavy atom. The molecule has 0 unspecified atom stereocenters. The molecule has 9 heteroatoms. The SMILES string of the molecule is C=CCNS(=O)(=O)c1ccc(C(=O)OCc2nnc(-c3ccccc3)o2)cc1. The zero-order valence-electron chi connectivity index (χ0n) is 14.7. The van der Waals surface area contributed by atoms with E-state index in [2.05, 4.69) is 21.5 Å². The molecular formula is C19H17N3O5S. The monoisotopic (exact) mass is 399 g/mol. The summed E-state index contributed by atoms with van der Waals surface area (Å²) in [7, 11) is -3.65. The first-order valence-corrected chi connectivity index (χ1v) is 9.73. The summed E-state index contributed by atoms with van der Waals surface area (Å²) in [5.41, 5.74) is 0.958. The zero-order chi connectivity index (χ0) is 20.0. The number of benzene rings is 2. The molecule has 8 nitrogen and oxygen atoms in total. The summed E-state index contributed by atoms with van der Waals surface area (Å²) in [5.74, 6) is -0.157. The van der Waals surface area contributed by atoms with Gasteiger partial charge in [-0.2, -0.15) is 0 Å². The van der Waals surface area contributed by atoms with Gasteiger partial charge in [-0.25, -0.2) is 17.9 Å². The van der Waals surface area contributed by atoms with Crippen LogP contribution in [0.1, 0.15) is 16.2 Å². The predicted molar refractivity (Wildman–Crippen MR) is 101 cm³/mol. The van der Waals surface area contributed by atoms with Gasteiger partial charge in [0.2, 0.25) is 15.9 Å². The van der Waals surface area contributed by atoms with Crippen molar-refractivity contribution in [3.63, 3.8) is 0 Å². The molecule has 0 aliphatic heterocycles. The van der Waals surface area contributed by atoms with Crippen LogP contribution < -0.4 is 4.72 Å². The Morgan fingerprint density at radius 1 is 1.11 bits per heavy atom. The molecule has 144 valence electrons. The Labute approximate surface area is 161 Å². The van der Waals surface area contributed by atoms with Gasteiger partial charge in [0.15, 0.2) is 6.61 Å². The van der Waals surface area contributed by atoms with Crippen LogP contribution >= 0.6 is 0 Å². The standard InChI is InChI=1S/C19H17N3O5S/c1-2-12-20-28(24,25)16-10-8-15(9-11-16)19(23)26-13-17-21-22-18(27-17)14-6-4-3-5-7-14/h2-11,20H,1,12-13H2. The highest BCUT2D eigenvalue weighted by Crippen LogP contribution is 2.17. The van der Waals surface area contributed by atoms with Crippen molar-refractivity contribution in [2.24, 2.45) is 0 Å². The Bertz CT molecular complexity index is 1060. The largest absolute Gasteiger partial charge is 0.452 e. The number of nitrogens with one attached hydrogen (secondary N) is 1. The molecule has 0 bridgehead atoms. The summed E-state index contributed by atoms with van der Waals surface area (Å²) in [6, 6.07) is 14.6. The lowest BCUT2D eigenvalue weighted by atomic mass is 10.2. The van der Waals surface area contributed by atoms with Crippen LogP contribution in [0.15, 0.2) is 76.6 Å². The fourth-order valence-corrected chi connectivity index (χ4v) is 3.24. The number of hydrogen-bond donors (Lipinski definition) is 1. The van der Waals surface area contributed by atoms with E-state index in [1.807, 2.05) is 30.3 Å². The maximum Gasteiger partial charge on any atom is 0.338 e. The highest BCUT2D eigenvalue weighted by atomic mass is 32.2. The molecule has 0 saturated heterocycles. The second-order valence-electron chi connectivity index (χ2n) is 5.61. The van der Waals surface area contributed by atoms with E-state index in [-0.39, 0.29) is 29.5 Å². The molecule has 2 aromatic carbocycles. The van der Waals surface area contributed by atoms with Crippen LogP contribution in [0.3, 0.4) is 0 Å². The average molecular weight is 399 g/mol. The Balaban J connectivity index is 1.61. The third-order valence-electron chi connectivity index (χ3n) is 3.63. The lowest BCUT2D eigenvalue weighted by Gasteiger charge is -2.06. The second-order valence-corrected chi connectivity index (χ2v) is 7.38. The predicted octanol–water partition coefficient (Wildman–Crippen LogP) is 2.56. The van der Waals surface area contributed by atoms with Gasteiger partial charge in [-0.3, -0.25) is 0 Å². The highest BCUT2D eigenvalue weighted by Gasteiger charge is 2.15.